The minimum absolute atomic E-state index is 0.160. The van der Waals surface area contributed by atoms with Crippen molar-refractivity contribution in [2.75, 3.05) is 24.4 Å². The smallest absolute Gasteiger partial charge is 0.265 e. The van der Waals surface area contributed by atoms with Crippen LogP contribution in [0.25, 0.3) is 0 Å². The number of aromatic nitrogens is 2. The molecule has 28 heavy (non-hydrogen) atoms. The lowest BCUT2D eigenvalue weighted by atomic mass is 10.2. The van der Waals surface area contributed by atoms with Crippen molar-refractivity contribution in [3.63, 3.8) is 0 Å². The van der Waals surface area contributed by atoms with Gasteiger partial charge in [-0.3, -0.25) is 13.8 Å². The first-order valence-corrected chi connectivity index (χ1v) is 10.8. The Morgan fingerprint density at radius 1 is 1.18 bits per heavy atom. The Balaban J connectivity index is 2.14. The van der Waals surface area contributed by atoms with Gasteiger partial charge < -0.3 is 11.1 Å². The predicted molar refractivity (Wildman–Crippen MR) is 110 cm³/mol. The molecule has 0 aliphatic heterocycles. The number of aryl methyl sites for hydroxylation is 2. The molecule has 0 fully saturated rings. The van der Waals surface area contributed by atoms with Crippen LogP contribution in [0.4, 0.5) is 5.82 Å². The van der Waals surface area contributed by atoms with Gasteiger partial charge in [0, 0.05) is 20.6 Å². The number of hydrogen-bond acceptors (Lipinski definition) is 5. The van der Waals surface area contributed by atoms with Gasteiger partial charge in [0.1, 0.15) is 5.56 Å². The number of benzene rings is 1. The van der Waals surface area contributed by atoms with Crippen LogP contribution in [0.15, 0.2) is 35.4 Å². The highest BCUT2D eigenvalue weighted by molar-refractivity contribution is 7.92. The molecule has 0 spiro atoms. The summed E-state index contributed by atoms with van der Waals surface area (Å²) in [7, 11) is -0.774. The van der Waals surface area contributed by atoms with E-state index in [4.69, 9.17) is 5.73 Å². The minimum Gasteiger partial charge on any atom is -0.352 e. The minimum atomic E-state index is -3.81. The fraction of sp³-hybridized carbons (Fsp3) is 0.474. The van der Waals surface area contributed by atoms with Gasteiger partial charge in [0.2, 0.25) is 0 Å². The Hall–Kier alpha value is -2.39. The van der Waals surface area contributed by atoms with Gasteiger partial charge in [-0.05, 0) is 38.4 Å². The maximum atomic E-state index is 13.0. The molecule has 1 amide bonds. The summed E-state index contributed by atoms with van der Waals surface area (Å²) in [4.78, 5) is 12.7. The second-order valence-corrected chi connectivity index (χ2v) is 8.72. The Kier molecular flexibility index (Phi) is 7.59. The Morgan fingerprint density at radius 2 is 1.82 bits per heavy atom. The zero-order valence-corrected chi connectivity index (χ0v) is 17.5. The van der Waals surface area contributed by atoms with Crippen molar-refractivity contribution in [2.45, 2.75) is 37.5 Å². The van der Waals surface area contributed by atoms with Crippen molar-refractivity contribution >= 4 is 21.7 Å². The molecule has 154 valence electrons. The van der Waals surface area contributed by atoms with Crippen LogP contribution < -0.4 is 15.4 Å². The number of rotatable bonds is 10. The second-order valence-electron chi connectivity index (χ2n) is 6.75. The molecule has 0 saturated heterocycles. The summed E-state index contributed by atoms with van der Waals surface area (Å²) < 4.78 is 28.4. The van der Waals surface area contributed by atoms with E-state index in [0.717, 1.165) is 35.6 Å². The summed E-state index contributed by atoms with van der Waals surface area (Å²) in [6.07, 6.45) is 5.22. The van der Waals surface area contributed by atoms with Crippen LogP contribution in [-0.4, -0.2) is 44.2 Å². The van der Waals surface area contributed by atoms with E-state index < -0.39 is 10.0 Å². The Labute approximate surface area is 166 Å². The summed E-state index contributed by atoms with van der Waals surface area (Å²) in [6, 6.07) is 6.59. The lowest BCUT2D eigenvalue weighted by Gasteiger charge is -2.21. The second kappa shape index (κ2) is 9.70. The first kappa shape index (κ1) is 21.9. The maximum Gasteiger partial charge on any atom is 0.265 e. The van der Waals surface area contributed by atoms with Crippen LogP contribution in [0.1, 0.15) is 41.6 Å². The molecule has 2 aromatic rings. The van der Waals surface area contributed by atoms with E-state index in [1.54, 1.807) is 31.3 Å². The number of nitrogens with zero attached hydrogens (tertiary/aromatic N) is 3. The van der Waals surface area contributed by atoms with Gasteiger partial charge in [-0.15, -0.1) is 0 Å². The number of carbonyl (C=O) groups excluding carboxylic acids is 1. The molecule has 2 rings (SSSR count). The number of nitrogens with two attached hydrogens (primary N) is 1. The van der Waals surface area contributed by atoms with Gasteiger partial charge in [-0.25, -0.2) is 8.42 Å². The molecule has 1 aromatic carbocycles. The molecule has 0 radical (unpaired) electrons. The quantitative estimate of drug-likeness (QED) is 0.584. The monoisotopic (exact) mass is 407 g/mol. The zero-order valence-electron chi connectivity index (χ0n) is 16.7. The molecule has 0 unspecified atom stereocenters. The average molecular weight is 408 g/mol. The molecular weight excluding hydrogens is 378 g/mol. The number of hydrogen-bond donors (Lipinski definition) is 2. The van der Waals surface area contributed by atoms with E-state index >= 15 is 0 Å². The number of amides is 1. The van der Waals surface area contributed by atoms with Gasteiger partial charge >= 0.3 is 0 Å². The third-order valence-corrected chi connectivity index (χ3v) is 6.31. The molecule has 0 aliphatic rings. The van der Waals surface area contributed by atoms with Crippen molar-refractivity contribution in [3.05, 3.63) is 41.6 Å². The average Bonchev–Trinajstić information content (AvgIpc) is 3.05. The predicted octanol–water partition coefficient (Wildman–Crippen LogP) is 1.80. The fourth-order valence-corrected chi connectivity index (χ4v) is 4.11. The molecule has 0 atom stereocenters. The molecule has 0 aliphatic carbocycles. The van der Waals surface area contributed by atoms with Crippen molar-refractivity contribution in [1.29, 1.82) is 0 Å². The SMILES string of the molecule is Cc1ccc(S(=O)(=O)N(C)c2c(C(=O)NCCCCCCN)cnn2C)cc1. The molecule has 0 bridgehead atoms. The summed E-state index contributed by atoms with van der Waals surface area (Å²) >= 11 is 0. The van der Waals surface area contributed by atoms with Crippen LogP contribution in [0.5, 0.6) is 0 Å². The van der Waals surface area contributed by atoms with Crippen LogP contribution in [0, 0.1) is 6.92 Å². The van der Waals surface area contributed by atoms with E-state index in [2.05, 4.69) is 10.4 Å². The van der Waals surface area contributed by atoms with Gasteiger partial charge in [-0.2, -0.15) is 5.10 Å². The third kappa shape index (κ3) is 5.11. The van der Waals surface area contributed by atoms with E-state index in [1.165, 1.54) is 17.9 Å². The van der Waals surface area contributed by atoms with E-state index in [1.807, 2.05) is 6.92 Å². The molecular formula is C19H29N5O3S. The van der Waals surface area contributed by atoms with E-state index in [9.17, 15) is 13.2 Å². The largest absolute Gasteiger partial charge is 0.352 e. The van der Waals surface area contributed by atoms with Crippen molar-refractivity contribution < 1.29 is 13.2 Å². The van der Waals surface area contributed by atoms with Gasteiger partial charge in [0.25, 0.3) is 15.9 Å². The van der Waals surface area contributed by atoms with Gasteiger partial charge in [-0.1, -0.05) is 30.5 Å². The topological polar surface area (TPSA) is 110 Å². The fourth-order valence-electron chi connectivity index (χ4n) is 2.87. The number of carbonyl (C=O) groups is 1. The molecule has 3 N–H and O–H groups in total. The lowest BCUT2D eigenvalue weighted by Crippen LogP contribution is -2.32. The number of sulfonamides is 1. The summed E-state index contributed by atoms with van der Waals surface area (Å²) in [6.45, 7) is 3.08. The highest BCUT2D eigenvalue weighted by Crippen LogP contribution is 2.25. The first-order valence-electron chi connectivity index (χ1n) is 9.35. The van der Waals surface area contributed by atoms with Gasteiger partial charge in [0.15, 0.2) is 5.82 Å². The first-order chi connectivity index (χ1) is 13.3. The number of unbranched alkanes of at least 4 members (excludes halogenated alkanes) is 3. The van der Waals surface area contributed by atoms with Crippen molar-refractivity contribution in [3.8, 4) is 0 Å². The Morgan fingerprint density at radius 3 is 2.46 bits per heavy atom. The summed E-state index contributed by atoms with van der Waals surface area (Å²) in [5.74, 6) is -0.117. The third-order valence-electron chi connectivity index (χ3n) is 4.55. The van der Waals surface area contributed by atoms with Crippen LogP contribution >= 0.6 is 0 Å². The summed E-state index contributed by atoms with van der Waals surface area (Å²) in [5, 5.41) is 6.92. The van der Waals surface area contributed by atoms with Crippen LogP contribution in [0.2, 0.25) is 0 Å². The molecule has 1 heterocycles. The highest BCUT2D eigenvalue weighted by atomic mass is 32.2. The Bertz CT molecular complexity index is 891. The van der Waals surface area contributed by atoms with Crippen LogP contribution in [0.3, 0.4) is 0 Å². The van der Waals surface area contributed by atoms with Crippen molar-refractivity contribution in [1.82, 2.24) is 15.1 Å². The molecule has 8 nitrogen and oxygen atoms in total. The number of nitrogens with one attached hydrogen (secondary N) is 1. The lowest BCUT2D eigenvalue weighted by molar-refractivity contribution is 0.0953. The van der Waals surface area contributed by atoms with Crippen molar-refractivity contribution in [2.24, 2.45) is 12.8 Å². The maximum absolute atomic E-state index is 13.0. The van der Waals surface area contributed by atoms with Gasteiger partial charge in [0.05, 0.1) is 11.1 Å². The normalized spacial score (nSPS) is 11.4. The molecule has 0 saturated carbocycles. The standard InChI is InChI=1S/C19H29N5O3S/c1-15-8-10-16(11-9-15)28(26,27)24(3)19-17(14-22-23(19)2)18(25)21-13-7-5-4-6-12-20/h8-11,14H,4-7,12-13,20H2,1-3H3,(H,21,25). The molecule has 9 heteroatoms. The van der Waals surface area contributed by atoms with E-state index in [-0.39, 0.29) is 22.2 Å². The van der Waals surface area contributed by atoms with Crippen LogP contribution in [-0.2, 0) is 17.1 Å². The zero-order chi connectivity index (χ0) is 20.7. The highest BCUT2D eigenvalue weighted by Gasteiger charge is 2.28. The van der Waals surface area contributed by atoms with E-state index in [0.29, 0.717) is 13.1 Å². The number of anilines is 1. The summed E-state index contributed by atoms with van der Waals surface area (Å²) in [5.41, 5.74) is 6.66. The molecule has 1 aromatic heterocycles.